The topological polar surface area (TPSA) is 112 Å². The summed E-state index contributed by atoms with van der Waals surface area (Å²) in [6.07, 6.45) is 1.09. The molecule has 0 bridgehead atoms. The van der Waals surface area contributed by atoms with E-state index in [1.807, 2.05) is 41.4 Å². The van der Waals surface area contributed by atoms with Gasteiger partial charge in [0.2, 0.25) is 0 Å². The van der Waals surface area contributed by atoms with E-state index in [9.17, 15) is 9.90 Å². The van der Waals surface area contributed by atoms with E-state index in [1.165, 1.54) is 0 Å². The maximum atomic E-state index is 12.3. The zero-order chi connectivity index (χ0) is 24.4. The Labute approximate surface area is 206 Å². The predicted octanol–water partition coefficient (Wildman–Crippen LogP) is 3.84. The minimum absolute atomic E-state index is 0.0187. The summed E-state index contributed by atoms with van der Waals surface area (Å²) >= 11 is 6.38. The first-order chi connectivity index (χ1) is 17.0. The van der Waals surface area contributed by atoms with Crippen LogP contribution in [0.25, 0.3) is 22.2 Å². The van der Waals surface area contributed by atoms with E-state index >= 15 is 0 Å². The summed E-state index contributed by atoms with van der Waals surface area (Å²) < 4.78 is 0. The number of aliphatic hydroxyl groups is 1. The van der Waals surface area contributed by atoms with Crippen LogP contribution >= 0.6 is 11.6 Å². The highest BCUT2D eigenvalue weighted by Crippen LogP contribution is 2.32. The molecule has 5 rings (SSSR count). The SMILES string of the molecule is CC(O)CONC(=O)c1ccc(-c2ccc3c(n2)N(Cc2ccc4ncccc4c2)NN3)cc1Cl. The first kappa shape index (κ1) is 23.0. The molecule has 4 N–H and O–H groups in total. The van der Waals surface area contributed by atoms with Crippen molar-refractivity contribution in [2.75, 3.05) is 17.0 Å². The molecule has 1 aliphatic rings. The molecule has 2 aromatic heterocycles. The lowest BCUT2D eigenvalue weighted by molar-refractivity contribution is -0.00686. The van der Waals surface area contributed by atoms with Gasteiger partial charge in [-0.1, -0.05) is 29.8 Å². The third kappa shape index (κ3) is 5.03. The van der Waals surface area contributed by atoms with Gasteiger partial charge in [0.25, 0.3) is 5.91 Å². The number of nitrogens with zero attached hydrogens (tertiary/aromatic N) is 3. The van der Waals surface area contributed by atoms with Crippen LogP contribution in [0.4, 0.5) is 11.5 Å². The van der Waals surface area contributed by atoms with Crippen LogP contribution in [0.3, 0.4) is 0 Å². The number of pyridine rings is 2. The van der Waals surface area contributed by atoms with E-state index in [4.69, 9.17) is 21.4 Å². The first-order valence-electron chi connectivity index (χ1n) is 11.0. The third-order valence-electron chi connectivity index (χ3n) is 5.46. The second-order valence-corrected chi connectivity index (χ2v) is 8.61. The number of carbonyl (C=O) groups excluding carboxylic acids is 1. The lowest BCUT2D eigenvalue weighted by Gasteiger charge is -2.18. The number of aromatic nitrogens is 2. The van der Waals surface area contributed by atoms with Crippen molar-refractivity contribution in [3.63, 3.8) is 0 Å². The van der Waals surface area contributed by atoms with Crippen molar-refractivity contribution in [3.8, 4) is 11.3 Å². The number of amides is 1. The van der Waals surface area contributed by atoms with Crippen LogP contribution in [0.15, 0.2) is 66.9 Å². The van der Waals surface area contributed by atoms with Crippen LogP contribution in [-0.2, 0) is 11.4 Å². The van der Waals surface area contributed by atoms with Crippen molar-refractivity contribution >= 4 is 39.9 Å². The zero-order valence-corrected chi connectivity index (χ0v) is 19.6. The molecule has 0 saturated carbocycles. The molecule has 0 radical (unpaired) electrons. The van der Waals surface area contributed by atoms with E-state index in [0.717, 1.165) is 33.5 Å². The highest BCUT2D eigenvalue weighted by molar-refractivity contribution is 6.34. The number of hydrazine groups is 2. The van der Waals surface area contributed by atoms with E-state index in [-0.39, 0.29) is 17.2 Å². The molecule has 1 unspecified atom stereocenters. The average Bonchev–Trinajstić information content (AvgIpc) is 3.25. The van der Waals surface area contributed by atoms with Gasteiger partial charge in [-0.15, -0.1) is 5.53 Å². The molecule has 4 aromatic rings. The van der Waals surface area contributed by atoms with Crippen LogP contribution in [0, 0.1) is 0 Å². The average molecular weight is 491 g/mol. The first-order valence-corrected chi connectivity index (χ1v) is 11.4. The van der Waals surface area contributed by atoms with Gasteiger partial charge >= 0.3 is 0 Å². The summed E-state index contributed by atoms with van der Waals surface area (Å²) in [5, 5.41) is 12.5. The molecule has 10 heteroatoms. The Kier molecular flexibility index (Phi) is 6.47. The molecule has 35 heavy (non-hydrogen) atoms. The summed E-state index contributed by atoms with van der Waals surface area (Å²) in [4.78, 5) is 26.5. The van der Waals surface area contributed by atoms with Crippen molar-refractivity contribution in [2.45, 2.75) is 19.6 Å². The molecule has 2 aromatic carbocycles. The molecule has 1 aliphatic heterocycles. The van der Waals surface area contributed by atoms with Crippen LogP contribution < -0.4 is 21.4 Å². The second-order valence-electron chi connectivity index (χ2n) is 8.21. The van der Waals surface area contributed by atoms with Gasteiger partial charge in [0.05, 0.1) is 40.1 Å². The second kappa shape index (κ2) is 9.85. The number of anilines is 2. The van der Waals surface area contributed by atoms with Crippen LogP contribution in [-0.4, -0.2) is 33.7 Å². The summed E-state index contributed by atoms with van der Waals surface area (Å²) in [6.45, 7) is 2.13. The fraction of sp³-hybridized carbons (Fsp3) is 0.160. The maximum absolute atomic E-state index is 12.3. The molecule has 9 nitrogen and oxygen atoms in total. The van der Waals surface area contributed by atoms with E-state index in [1.54, 1.807) is 31.3 Å². The highest BCUT2D eigenvalue weighted by atomic mass is 35.5. The molecule has 178 valence electrons. The number of hydroxylamine groups is 1. The number of carbonyl (C=O) groups is 1. The fourth-order valence-corrected chi connectivity index (χ4v) is 4.02. The standard InChI is InChI=1S/C25H23ClN6O3/c1-15(33)14-35-30-25(34)19-6-5-18(12-20(19)26)22-8-9-23-24(28-22)32(31-29-23)13-16-4-7-21-17(11-16)3-2-10-27-21/h2-12,15,29,31,33H,13-14H2,1H3,(H,30,34). The summed E-state index contributed by atoms with van der Waals surface area (Å²) in [7, 11) is 0. The van der Waals surface area contributed by atoms with Gasteiger partial charge in [-0.2, -0.15) is 0 Å². The number of nitrogens with one attached hydrogen (secondary N) is 3. The summed E-state index contributed by atoms with van der Waals surface area (Å²) in [5.74, 6) is 0.257. The Morgan fingerprint density at radius 1 is 1.20 bits per heavy atom. The molecule has 1 atom stereocenters. The van der Waals surface area contributed by atoms with E-state index in [2.05, 4.69) is 27.5 Å². The smallest absolute Gasteiger partial charge is 0.276 e. The molecule has 0 aliphatic carbocycles. The summed E-state index contributed by atoms with van der Waals surface area (Å²) in [5.41, 5.74) is 13.2. The molecule has 0 saturated heterocycles. The minimum atomic E-state index is -0.694. The quantitative estimate of drug-likeness (QED) is 0.289. The normalized spacial score (nSPS) is 13.4. The molecular formula is C25H23ClN6O3. The van der Waals surface area contributed by atoms with E-state index < -0.39 is 12.0 Å². The number of aliphatic hydroxyl groups excluding tert-OH is 1. The number of benzene rings is 2. The third-order valence-corrected chi connectivity index (χ3v) is 5.78. The Hall–Kier alpha value is -3.76. The van der Waals surface area contributed by atoms with Crippen LogP contribution in [0.1, 0.15) is 22.8 Å². The van der Waals surface area contributed by atoms with Crippen molar-refractivity contribution in [1.29, 1.82) is 0 Å². The highest BCUT2D eigenvalue weighted by Gasteiger charge is 2.22. The van der Waals surface area contributed by atoms with Crippen molar-refractivity contribution in [2.24, 2.45) is 0 Å². The Balaban J connectivity index is 1.35. The van der Waals surface area contributed by atoms with Crippen molar-refractivity contribution in [1.82, 2.24) is 21.0 Å². The van der Waals surface area contributed by atoms with Gasteiger partial charge in [0.15, 0.2) is 5.82 Å². The van der Waals surface area contributed by atoms with Gasteiger partial charge < -0.3 is 10.5 Å². The van der Waals surface area contributed by atoms with Gasteiger partial charge in [-0.05, 0) is 55.0 Å². The zero-order valence-electron chi connectivity index (χ0n) is 18.8. The molecule has 0 spiro atoms. The Morgan fingerprint density at radius 2 is 2.09 bits per heavy atom. The van der Waals surface area contributed by atoms with Crippen LogP contribution in [0.5, 0.6) is 0 Å². The number of hydrogen-bond acceptors (Lipinski definition) is 8. The van der Waals surface area contributed by atoms with Crippen molar-refractivity contribution < 1.29 is 14.7 Å². The number of halogens is 1. The van der Waals surface area contributed by atoms with Gasteiger partial charge in [0, 0.05) is 17.1 Å². The minimum Gasteiger partial charge on any atom is -0.391 e. The number of fused-ring (bicyclic) bond motifs is 2. The Morgan fingerprint density at radius 3 is 2.91 bits per heavy atom. The predicted molar refractivity (Wildman–Crippen MR) is 134 cm³/mol. The van der Waals surface area contributed by atoms with Crippen molar-refractivity contribution in [3.05, 3.63) is 83.0 Å². The summed E-state index contributed by atoms with van der Waals surface area (Å²) in [6, 6.07) is 19.0. The Bertz CT molecular complexity index is 1400. The van der Waals surface area contributed by atoms with Gasteiger partial charge in [-0.25, -0.2) is 10.5 Å². The van der Waals surface area contributed by atoms with Gasteiger partial charge in [0.1, 0.15) is 6.61 Å². The van der Waals surface area contributed by atoms with Gasteiger partial charge in [-0.3, -0.25) is 19.6 Å². The van der Waals surface area contributed by atoms with Crippen LogP contribution in [0.2, 0.25) is 5.02 Å². The molecular weight excluding hydrogens is 468 g/mol. The fourth-order valence-electron chi connectivity index (χ4n) is 3.75. The lowest BCUT2D eigenvalue weighted by atomic mass is 10.1. The maximum Gasteiger partial charge on any atom is 0.276 e. The monoisotopic (exact) mass is 490 g/mol. The largest absolute Gasteiger partial charge is 0.391 e. The molecule has 3 heterocycles. The number of hydrogen-bond donors (Lipinski definition) is 4. The number of rotatable bonds is 7. The van der Waals surface area contributed by atoms with E-state index in [0.29, 0.717) is 12.2 Å². The molecule has 0 fully saturated rings. The lowest BCUT2D eigenvalue weighted by Crippen LogP contribution is -2.35. The molecule has 1 amide bonds.